The van der Waals surface area contributed by atoms with E-state index < -0.39 is 11.9 Å². The van der Waals surface area contributed by atoms with E-state index in [0.29, 0.717) is 5.13 Å². The van der Waals surface area contributed by atoms with Crippen LogP contribution in [0.3, 0.4) is 0 Å². The fourth-order valence-electron chi connectivity index (χ4n) is 1.47. The molecule has 20 heavy (non-hydrogen) atoms. The molecule has 6 nitrogen and oxygen atoms in total. The molecular formula is C13H13N3O3S. The Bertz CT molecular complexity index is 652. The maximum Gasteiger partial charge on any atom is 0.354 e. The molecule has 0 radical (unpaired) electrons. The van der Waals surface area contributed by atoms with Crippen molar-refractivity contribution >= 4 is 28.3 Å². The molecule has 2 N–H and O–H groups in total. The third-order valence-corrected chi connectivity index (χ3v) is 3.35. The van der Waals surface area contributed by atoms with Gasteiger partial charge in [-0.2, -0.15) is 0 Å². The first-order chi connectivity index (χ1) is 9.47. The minimum Gasteiger partial charge on any atom is -0.477 e. The number of thiazole rings is 1. The highest BCUT2D eigenvalue weighted by atomic mass is 32.1. The Morgan fingerprint density at radius 3 is 2.75 bits per heavy atom. The number of aromatic nitrogens is 2. The third kappa shape index (κ3) is 3.18. The molecule has 104 valence electrons. The average Bonchev–Trinajstić information content (AvgIpc) is 2.87. The molecule has 2 rings (SSSR count). The monoisotopic (exact) mass is 291 g/mol. The number of amides is 1. The zero-order chi connectivity index (χ0) is 14.7. The molecule has 0 aliphatic carbocycles. The lowest BCUT2D eigenvalue weighted by Crippen LogP contribution is -2.13. The molecule has 2 aromatic heterocycles. The van der Waals surface area contributed by atoms with Crippen LogP contribution in [-0.2, 0) is 0 Å². The summed E-state index contributed by atoms with van der Waals surface area (Å²) in [6, 6.07) is 2.69. The molecule has 1 amide bonds. The van der Waals surface area contributed by atoms with Crippen molar-refractivity contribution in [3.63, 3.8) is 0 Å². The van der Waals surface area contributed by atoms with Crippen LogP contribution < -0.4 is 5.32 Å². The quantitative estimate of drug-likeness (QED) is 0.903. The Morgan fingerprint density at radius 1 is 1.40 bits per heavy atom. The maximum absolute atomic E-state index is 12.0. The number of carboxylic acids is 1. The number of anilines is 1. The van der Waals surface area contributed by atoms with Gasteiger partial charge in [0.25, 0.3) is 5.91 Å². The summed E-state index contributed by atoms with van der Waals surface area (Å²) in [6.07, 6.45) is 1.29. The number of pyridine rings is 1. The second-order valence-electron chi connectivity index (χ2n) is 4.42. The van der Waals surface area contributed by atoms with Gasteiger partial charge in [0, 0.05) is 17.1 Å². The topological polar surface area (TPSA) is 92.2 Å². The summed E-state index contributed by atoms with van der Waals surface area (Å²) in [4.78, 5) is 30.8. The predicted octanol–water partition coefficient (Wildman–Crippen LogP) is 2.61. The summed E-state index contributed by atoms with van der Waals surface area (Å²) in [5.74, 6) is -1.29. The molecule has 0 saturated heterocycles. The predicted molar refractivity (Wildman–Crippen MR) is 75.4 cm³/mol. The van der Waals surface area contributed by atoms with Crippen LogP contribution in [0.5, 0.6) is 0 Å². The Hall–Kier alpha value is -2.28. The van der Waals surface area contributed by atoms with Crippen molar-refractivity contribution in [3.05, 3.63) is 40.7 Å². The van der Waals surface area contributed by atoms with Crippen molar-refractivity contribution in [2.24, 2.45) is 0 Å². The molecule has 0 fully saturated rings. The van der Waals surface area contributed by atoms with Gasteiger partial charge in [-0.15, -0.1) is 11.3 Å². The summed E-state index contributed by atoms with van der Waals surface area (Å²) in [7, 11) is 0. The van der Waals surface area contributed by atoms with Crippen LogP contribution in [0.25, 0.3) is 0 Å². The highest BCUT2D eigenvalue weighted by Gasteiger charge is 2.13. The molecule has 0 unspecified atom stereocenters. The Labute approximate surface area is 119 Å². The lowest BCUT2D eigenvalue weighted by atomic mass is 10.2. The fraction of sp³-hybridized carbons (Fsp3) is 0.231. The van der Waals surface area contributed by atoms with E-state index in [1.807, 2.05) is 19.2 Å². The molecule has 7 heteroatoms. The van der Waals surface area contributed by atoms with Gasteiger partial charge >= 0.3 is 5.97 Å². The maximum atomic E-state index is 12.0. The van der Waals surface area contributed by atoms with E-state index in [9.17, 15) is 9.59 Å². The van der Waals surface area contributed by atoms with E-state index in [2.05, 4.69) is 15.3 Å². The molecule has 0 spiro atoms. The molecule has 2 heterocycles. The van der Waals surface area contributed by atoms with Gasteiger partial charge in [0.15, 0.2) is 5.13 Å². The average molecular weight is 291 g/mol. The number of carbonyl (C=O) groups excluding carboxylic acids is 1. The molecule has 2 aromatic rings. The normalized spacial score (nSPS) is 10.6. The van der Waals surface area contributed by atoms with Gasteiger partial charge < -0.3 is 5.11 Å². The van der Waals surface area contributed by atoms with Crippen LogP contribution >= 0.6 is 11.3 Å². The fourth-order valence-corrected chi connectivity index (χ4v) is 2.33. The zero-order valence-corrected chi connectivity index (χ0v) is 11.8. The van der Waals surface area contributed by atoms with Crippen molar-refractivity contribution in [1.29, 1.82) is 0 Å². The van der Waals surface area contributed by atoms with E-state index in [4.69, 9.17) is 5.11 Å². The van der Waals surface area contributed by atoms with Gasteiger partial charge in [-0.3, -0.25) is 10.1 Å². The SMILES string of the molecule is CC(C)c1csc(NC(=O)c2ccnc(C(=O)O)c2)n1. The van der Waals surface area contributed by atoms with Crippen molar-refractivity contribution in [1.82, 2.24) is 9.97 Å². The lowest BCUT2D eigenvalue weighted by molar-refractivity contribution is 0.0690. The van der Waals surface area contributed by atoms with Crippen LogP contribution in [0.1, 0.15) is 46.3 Å². The standard InChI is InChI=1S/C13H13N3O3S/c1-7(2)10-6-20-13(15-10)16-11(17)8-3-4-14-9(5-8)12(18)19/h3-7H,1-2H3,(H,18,19)(H,15,16,17). The Morgan fingerprint density at radius 2 is 2.15 bits per heavy atom. The van der Waals surface area contributed by atoms with Crippen molar-refractivity contribution in [2.45, 2.75) is 19.8 Å². The second-order valence-corrected chi connectivity index (χ2v) is 5.28. The molecule has 0 saturated carbocycles. The minimum atomic E-state index is -1.17. The van der Waals surface area contributed by atoms with Crippen LogP contribution in [0.4, 0.5) is 5.13 Å². The molecular weight excluding hydrogens is 278 g/mol. The number of carbonyl (C=O) groups is 2. The first kappa shape index (κ1) is 14.1. The van der Waals surface area contributed by atoms with E-state index >= 15 is 0 Å². The summed E-state index contributed by atoms with van der Waals surface area (Å²) in [5.41, 5.74) is 0.976. The van der Waals surface area contributed by atoms with Gasteiger partial charge in [-0.1, -0.05) is 13.8 Å². The molecule has 0 aromatic carbocycles. The van der Waals surface area contributed by atoms with Crippen LogP contribution in [0, 0.1) is 0 Å². The van der Waals surface area contributed by atoms with Gasteiger partial charge in [-0.25, -0.2) is 14.8 Å². The highest BCUT2D eigenvalue weighted by Crippen LogP contribution is 2.21. The van der Waals surface area contributed by atoms with Crippen LogP contribution in [0.15, 0.2) is 23.7 Å². The van der Waals surface area contributed by atoms with Crippen molar-refractivity contribution < 1.29 is 14.7 Å². The third-order valence-electron chi connectivity index (χ3n) is 2.58. The number of hydrogen-bond acceptors (Lipinski definition) is 5. The number of rotatable bonds is 4. The summed E-state index contributed by atoms with van der Waals surface area (Å²) in [6.45, 7) is 4.03. The number of aromatic carboxylic acids is 1. The lowest BCUT2D eigenvalue weighted by Gasteiger charge is -2.02. The minimum absolute atomic E-state index is 0.167. The van der Waals surface area contributed by atoms with Crippen molar-refractivity contribution in [3.8, 4) is 0 Å². The summed E-state index contributed by atoms with van der Waals surface area (Å²) in [5, 5.41) is 13.9. The zero-order valence-electron chi connectivity index (χ0n) is 11.0. The van der Waals surface area contributed by atoms with E-state index in [-0.39, 0.29) is 17.2 Å². The highest BCUT2D eigenvalue weighted by molar-refractivity contribution is 7.14. The number of nitrogens with zero attached hydrogens (tertiary/aromatic N) is 2. The van der Waals surface area contributed by atoms with E-state index in [1.54, 1.807) is 0 Å². The van der Waals surface area contributed by atoms with Gasteiger partial charge in [0.2, 0.25) is 0 Å². The van der Waals surface area contributed by atoms with Gasteiger partial charge in [0.1, 0.15) is 5.69 Å². The van der Waals surface area contributed by atoms with Crippen LogP contribution in [-0.4, -0.2) is 27.0 Å². The molecule has 0 aliphatic heterocycles. The largest absolute Gasteiger partial charge is 0.477 e. The first-order valence-corrected chi connectivity index (χ1v) is 6.81. The Kier molecular flexibility index (Phi) is 4.09. The summed E-state index contributed by atoms with van der Waals surface area (Å²) >= 11 is 1.34. The van der Waals surface area contributed by atoms with Crippen molar-refractivity contribution in [2.75, 3.05) is 5.32 Å². The number of nitrogens with one attached hydrogen (secondary N) is 1. The summed E-state index contributed by atoms with van der Waals surface area (Å²) < 4.78 is 0. The van der Waals surface area contributed by atoms with Gasteiger partial charge in [-0.05, 0) is 18.1 Å². The number of carboxylic acid groups (broad SMARTS) is 1. The van der Waals surface area contributed by atoms with E-state index in [1.165, 1.54) is 29.7 Å². The smallest absolute Gasteiger partial charge is 0.354 e. The van der Waals surface area contributed by atoms with Gasteiger partial charge in [0.05, 0.1) is 5.69 Å². The molecule has 0 bridgehead atoms. The van der Waals surface area contributed by atoms with E-state index in [0.717, 1.165) is 5.69 Å². The molecule has 0 atom stereocenters. The molecule has 0 aliphatic rings. The van der Waals surface area contributed by atoms with Crippen LogP contribution in [0.2, 0.25) is 0 Å². The second kappa shape index (κ2) is 5.79. The Balaban J connectivity index is 2.15. The first-order valence-electron chi connectivity index (χ1n) is 5.93. The number of hydrogen-bond donors (Lipinski definition) is 2.